The third kappa shape index (κ3) is 6.26. The maximum Gasteiger partial charge on any atom is 0.494 e. The van der Waals surface area contributed by atoms with Crippen LogP contribution in [-0.2, 0) is 27.0 Å². The summed E-state index contributed by atoms with van der Waals surface area (Å²) in [5.74, 6) is 0. The summed E-state index contributed by atoms with van der Waals surface area (Å²) in [7, 11) is -0.360. The molecule has 9 heteroatoms. The Hall–Kier alpha value is -2.23. The van der Waals surface area contributed by atoms with Gasteiger partial charge in [-0.3, -0.25) is 4.79 Å². The maximum atomic E-state index is 11.9. The van der Waals surface area contributed by atoms with Gasteiger partial charge in [0.05, 0.1) is 28.4 Å². The minimum Gasteiger partial charge on any atom is -0.444 e. The van der Waals surface area contributed by atoms with E-state index in [4.69, 9.17) is 14.0 Å². The fourth-order valence-corrected chi connectivity index (χ4v) is 4.52. The number of rotatable bonds is 2. The molecule has 0 unspecified atom stereocenters. The van der Waals surface area contributed by atoms with Crippen LogP contribution in [0.4, 0.5) is 4.79 Å². The molecule has 1 saturated heterocycles. The molecule has 0 N–H and O–H groups in total. The number of carbonyl (C=O) groups is 2. The average molecular weight is 486 g/mol. The van der Waals surface area contributed by atoms with E-state index in [0.29, 0.717) is 18.7 Å². The van der Waals surface area contributed by atoms with E-state index in [1.54, 1.807) is 28.4 Å². The predicted molar refractivity (Wildman–Crippen MR) is 135 cm³/mol. The molecule has 3 heterocycles. The van der Waals surface area contributed by atoms with Gasteiger partial charge in [0.2, 0.25) is 0 Å². The van der Waals surface area contributed by atoms with Gasteiger partial charge in [-0.2, -0.15) is 0 Å². The number of thiazole rings is 1. The van der Waals surface area contributed by atoms with E-state index in [-0.39, 0.29) is 24.4 Å². The van der Waals surface area contributed by atoms with Crippen molar-refractivity contribution in [3.05, 3.63) is 45.4 Å². The summed E-state index contributed by atoms with van der Waals surface area (Å²) in [5.41, 5.74) is 1.65. The maximum absolute atomic E-state index is 11.9. The molecule has 0 aliphatic carbocycles. The summed E-state index contributed by atoms with van der Waals surface area (Å²) in [4.78, 5) is 29.9. The van der Waals surface area contributed by atoms with Crippen LogP contribution in [-0.4, -0.2) is 52.7 Å². The predicted octanol–water partition coefficient (Wildman–Crippen LogP) is 4.54. The molecule has 0 spiro atoms. The molecule has 1 aromatic heterocycles. The van der Waals surface area contributed by atoms with Crippen molar-refractivity contribution < 1.29 is 23.6 Å². The summed E-state index contributed by atoms with van der Waals surface area (Å²) < 4.78 is 17.2. The van der Waals surface area contributed by atoms with Crippen LogP contribution in [0.2, 0.25) is 0 Å². The molecule has 1 aromatic carbocycles. The van der Waals surface area contributed by atoms with Crippen molar-refractivity contribution in [1.29, 1.82) is 0 Å². The first-order valence-electron chi connectivity index (χ1n) is 11.5. The fraction of sp³-hybridized carbons (Fsp3) is 0.560. The average Bonchev–Trinajstić information content (AvgIpc) is 3.21. The molecule has 4 rings (SSSR count). The molecular formula is C25H35BN2O5S. The first-order valence-corrected chi connectivity index (χ1v) is 12.4. The lowest BCUT2D eigenvalue weighted by atomic mass is 9.79. The number of fused-ring (bicyclic) bond motifs is 1. The van der Waals surface area contributed by atoms with Gasteiger partial charge in [0.25, 0.3) is 0 Å². The number of amides is 1. The molecule has 0 atom stereocenters. The number of hydrogen-bond acceptors (Lipinski definition) is 7. The lowest BCUT2D eigenvalue weighted by molar-refractivity contribution is 0.00578. The normalized spacial score (nSPS) is 18.6. The summed E-state index contributed by atoms with van der Waals surface area (Å²) in [6, 6.07) is 7.28. The highest BCUT2D eigenvalue weighted by Crippen LogP contribution is 2.36. The van der Waals surface area contributed by atoms with E-state index in [1.807, 2.05) is 67.5 Å². The van der Waals surface area contributed by atoms with Crippen LogP contribution in [0.1, 0.15) is 74.4 Å². The first-order chi connectivity index (χ1) is 15.7. The fourth-order valence-electron chi connectivity index (χ4n) is 3.52. The highest BCUT2D eigenvalue weighted by atomic mass is 32.1. The number of hydrogen-bond donors (Lipinski definition) is 0. The van der Waals surface area contributed by atoms with Crippen molar-refractivity contribution >= 4 is 36.3 Å². The number of ether oxygens (including phenoxy) is 1. The van der Waals surface area contributed by atoms with Crippen molar-refractivity contribution in [3.8, 4) is 0 Å². The minimum absolute atomic E-state index is 0.228. The molecule has 2 aliphatic rings. The van der Waals surface area contributed by atoms with Crippen LogP contribution in [0.5, 0.6) is 0 Å². The first kappa shape index (κ1) is 26.4. The van der Waals surface area contributed by atoms with Gasteiger partial charge in [-0.15, -0.1) is 11.3 Å². The van der Waals surface area contributed by atoms with E-state index in [0.717, 1.165) is 28.9 Å². The lowest BCUT2D eigenvalue weighted by Gasteiger charge is -2.32. The van der Waals surface area contributed by atoms with Gasteiger partial charge in [0.15, 0.2) is 0 Å². The molecule has 0 bridgehead atoms. The topological polar surface area (TPSA) is 78.0 Å². The number of aromatic nitrogens is 1. The third-order valence-corrected chi connectivity index (χ3v) is 7.09. The molecule has 0 radical (unpaired) electrons. The van der Waals surface area contributed by atoms with E-state index >= 15 is 0 Å². The Morgan fingerprint density at radius 3 is 2.26 bits per heavy atom. The molecule has 2 aromatic rings. The molecule has 7 nitrogen and oxygen atoms in total. The number of aryl methyl sites for hydroxylation is 1. The highest BCUT2D eigenvalue weighted by molar-refractivity contribution is 7.11. The van der Waals surface area contributed by atoms with Gasteiger partial charge in [0, 0.05) is 23.4 Å². The van der Waals surface area contributed by atoms with Crippen LogP contribution in [0.15, 0.2) is 24.3 Å². The van der Waals surface area contributed by atoms with Crippen molar-refractivity contribution in [2.24, 2.45) is 0 Å². The van der Waals surface area contributed by atoms with Crippen LogP contribution in [0.25, 0.3) is 0 Å². The second-order valence-electron chi connectivity index (χ2n) is 10.6. The molecular weight excluding hydrogens is 451 g/mol. The van der Waals surface area contributed by atoms with Crippen LogP contribution in [0, 0.1) is 6.92 Å². The number of nitrogens with zero attached hydrogens (tertiary/aromatic N) is 2. The van der Waals surface area contributed by atoms with Crippen LogP contribution >= 0.6 is 11.3 Å². The van der Waals surface area contributed by atoms with Gasteiger partial charge in [-0.05, 0) is 60.9 Å². The molecule has 1 fully saturated rings. The quantitative estimate of drug-likeness (QED) is 0.458. The van der Waals surface area contributed by atoms with Gasteiger partial charge in [0.1, 0.15) is 11.9 Å². The zero-order valence-electron chi connectivity index (χ0n) is 21.4. The summed E-state index contributed by atoms with van der Waals surface area (Å²) >= 11 is 1.67. The Labute approximate surface area is 206 Å². The molecule has 2 aliphatic heterocycles. The summed E-state index contributed by atoms with van der Waals surface area (Å²) in [6.45, 7) is 17.1. The molecule has 0 saturated carbocycles. The zero-order valence-corrected chi connectivity index (χ0v) is 22.2. The van der Waals surface area contributed by atoms with Gasteiger partial charge in [-0.25, -0.2) is 9.78 Å². The Morgan fingerprint density at radius 1 is 1.15 bits per heavy atom. The lowest BCUT2D eigenvalue weighted by Crippen LogP contribution is -2.41. The molecule has 184 valence electrons. The van der Waals surface area contributed by atoms with Gasteiger partial charge in [-0.1, -0.05) is 24.3 Å². The van der Waals surface area contributed by atoms with Crippen LogP contribution in [0.3, 0.4) is 0 Å². The smallest absolute Gasteiger partial charge is 0.444 e. The van der Waals surface area contributed by atoms with Crippen LogP contribution < -0.4 is 5.46 Å². The van der Waals surface area contributed by atoms with Crippen molar-refractivity contribution in [3.63, 3.8) is 0 Å². The van der Waals surface area contributed by atoms with E-state index in [9.17, 15) is 9.59 Å². The van der Waals surface area contributed by atoms with E-state index in [2.05, 4.69) is 4.98 Å². The number of benzene rings is 1. The van der Waals surface area contributed by atoms with Gasteiger partial charge < -0.3 is 18.9 Å². The summed E-state index contributed by atoms with van der Waals surface area (Å²) in [6.07, 6.45) is 1.43. The standard InChI is InChI=1S/C13H17BO3.C12H18N2O2S/c1-12(2)13(3,4)17-14(16-12)11-7-5-10(9-15)6-8-11;1-8-13-9-5-6-14(7-10(9)17-8)11(15)16-12(2,3)4/h5-9H,1-4H3;5-7H2,1-4H3. The van der Waals surface area contributed by atoms with Crippen molar-refractivity contribution in [2.45, 2.75) is 85.2 Å². The Bertz CT molecular complexity index is 1010. The Balaban J connectivity index is 0.000000191. The number of carbonyl (C=O) groups excluding carboxylic acids is 2. The van der Waals surface area contributed by atoms with E-state index < -0.39 is 5.60 Å². The Kier molecular flexibility index (Phi) is 7.60. The minimum atomic E-state index is -0.430. The second-order valence-corrected chi connectivity index (χ2v) is 11.9. The second kappa shape index (κ2) is 9.80. The van der Waals surface area contributed by atoms with Crippen molar-refractivity contribution in [1.82, 2.24) is 9.88 Å². The monoisotopic (exact) mass is 486 g/mol. The number of aldehydes is 1. The third-order valence-electron chi connectivity index (χ3n) is 6.09. The zero-order chi connectivity index (χ0) is 25.3. The largest absolute Gasteiger partial charge is 0.494 e. The van der Waals surface area contributed by atoms with Crippen molar-refractivity contribution in [2.75, 3.05) is 6.54 Å². The Morgan fingerprint density at radius 2 is 1.74 bits per heavy atom. The molecule has 1 amide bonds. The van der Waals surface area contributed by atoms with E-state index in [1.165, 1.54) is 4.88 Å². The summed E-state index contributed by atoms with van der Waals surface area (Å²) in [5, 5.41) is 1.07. The SMILES string of the molecule is CC1(C)OB(c2ccc(C=O)cc2)OC1(C)C.Cc1nc2c(s1)CN(C(=O)OC(C)(C)C)CC2. The molecule has 34 heavy (non-hydrogen) atoms. The van der Waals surface area contributed by atoms with Gasteiger partial charge >= 0.3 is 13.2 Å². The highest BCUT2D eigenvalue weighted by Gasteiger charge is 2.51.